The number of ether oxygens (including phenoxy) is 1. The SMILES string of the molecule is Cc1cc(=O)c(C(=O)O[C@@H](C)C(=O)N2CCCCCC2)nn1-c1ccc(Cl)cc1. The molecule has 0 aliphatic carbocycles. The van der Waals surface area contributed by atoms with Gasteiger partial charge in [0.2, 0.25) is 11.1 Å². The summed E-state index contributed by atoms with van der Waals surface area (Å²) in [5, 5.41) is 4.74. The second-order valence-corrected chi connectivity index (χ2v) is 7.61. The van der Waals surface area contributed by atoms with Crippen LogP contribution >= 0.6 is 11.6 Å². The van der Waals surface area contributed by atoms with E-state index in [1.54, 1.807) is 36.1 Å². The van der Waals surface area contributed by atoms with Crippen LogP contribution in [-0.4, -0.2) is 45.8 Å². The molecule has 29 heavy (non-hydrogen) atoms. The van der Waals surface area contributed by atoms with Crippen LogP contribution in [0, 0.1) is 6.92 Å². The second kappa shape index (κ2) is 9.22. The lowest BCUT2D eigenvalue weighted by Crippen LogP contribution is -2.41. The molecule has 1 aliphatic heterocycles. The average Bonchev–Trinajstić information content (AvgIpc) is 2.97. The summed E-state index contributed by atoms with van der Waals surface area (Å²) in [6, 6.07) is 8.16. The normalized spacial score (nSPS) is 15.5. The third-order valence-corrected chi connectivity index (χ3v) is 5.17. The van der Waals surface area contributed by atoms with Crippen molar-refractivity contribution in [3.63, 3.8) is 0 Å². The maximum atomic E-state index is 12.6. The lowest BCUT2D eigenvalue weighted by atomic mass is 10.2. The van der Waals surface area contributed by atoms with Crippen LogP contribution in [0.3, 0.4) is 0 Å². The molecule has 1 aliphatic rings. The number of rotatable bonds is 4. The van der Waals surface area contributed by atoms with Gasteiger partial charge < -0.3 is 9.64 Å². The molecule has 2 heterocycles. The summed E-state index contributed by atoms with van der Waals surface area (Å²) in [6.07, 6.45) is 3.09. The van der Waals surface area contributed by atoms with Crippen LogP contribution in [0.5, 0.6) is 0 Å². The fourth-order valence-electron chi connectivity index (χ4n) is 3.35. The molecule has 0 bridgehead atoms. The molecule has 0 N–H and O–H groups in total. The van der Waals surface area contributed by atoms with Crippen molar-refractivity contribution in [1.29, 1.82) is 0 Å². The van der Waals surface area contributed by atoms with Crippen LogP contribution in [-0.2, 0) is 9.53 Å². The molecule has 1 saturated heterocycles. The van der Waals surface area contributed by atoms with Gasteiger partial charge in [-0.1, -0.05) is 24.4 Å². The Bertz CT molecular complexity index is 947. The summed E-state index contributed by atoms with van der Waals surface area (Å²) < 4.78 is 6.76. The molecule has 1 fully saturated rings. The van der Waals surface area contributed by atoms with Gasteiger partial charge >= 0.3 is 5.97 Å². The summed E-state index contributed by atoms with van der Waals surface area (Å²) in [6.45, 7) is 4.56. The predicted octanol–water partition coefficient (Wildman–Crippen LogP) is 3.14. The van der Waals surface area contributed by atoms with Crippen molar-refractivity contribution >= 4 is 23.5 Å². The number of aromatic nitrogens is 2. The van der Waals surface area contributed by atoms with E-state index in [-0.39, 0.29) is 11.6 Å². The molecular formula is C21H24ClN3O4. The summed E-state index contributed by atoms with van der Waals surface area (Å²) in [5.74, 6) is -1.15. The first-order chi connectivity index (χ1) is 13.9. The number of aryl methyl sites for hydroxylation is 1. The van der Waals surface area contributed by atoms with Gasteiger partial charge in [-0.2, -0.15) is 5.10 Å². The minimum Gasteiger partial charge on any atom is -0.448 e. The van der Waals surface area contributed by atoms with E-state index in [1.807, 2.05) is 0 Å². The first-order valence-corrected chi connectivity index (χ1v) is 10.1. The van der Waals surface area contributed by atoms with Crippen molar-refractivity contribution in [3.05, 3.63) is 57.0 Å². The molecule has 0 saturated carbocycles. The van der Waals surface area contributed by atoms with Crippen molar-refractivity contribution < 1.29 is 14.3 Å². The van der Waals surface area contributed by atoms with E-state index in [4.69, 9.17) is 16.3 Å². The Labute approximate surface area is 174 Å². The molecule has 8 heteroatoms. The quantitative estimate of drug-likeness (QED) is 0.714. The van der Waals surface area contributed by atoms with Gasteiger partial charge in [0.25, 0.3) is 5.91 Å². The molecule has 0 radical (unpaired) electrons. The smallest absolute Gasteiger partial charge is 0.363 e. The lowest BCUT2D eigenvalue weighted by Gasteiger charge is -2.23. The van der Waals surface area contributed by atoms with Crippen LogP contribution < -0.4 is 5.43 Å². The van der Waals surface area contributed by atoms with Gasteiger partial charge in [-0.25, -0.2) is 9.48 Å². The largest absolute Gasteiger partial charge is 0.448 e. The molecule has 154 valence electrons. The van der Waals surface area contributed by atoms with Gasteiger partial charge in [0.15, 0.2) is 6.10 Å². The van der Waals surface area contributed by atoms with Gasteiger partial charge in [-0.05, 0) is 51.0 Å². The Kier molecular flexibility index (Phi) is 6.69. The van der Waals surface area contributed by atoms with Crippen molar-refractivity contribution in [1.82, 2.24) is 14.7 Å². The van der Waals surface area contributed by atoms with E-state index in [1.165, 1.54) is 17.7 Å². The highest BCUT2D eigenvalue weighted by atomic mass is 35.5. The van der Waals surface area contributed by atoms with E-state index < -0.39 is 17.5 Å². The second-order valence-electron chi connectivity index (χ2n) is 7.17. The Morgan fingerprint density at radius 2 is 1.72 bits per heavy atom. The number of esters is 1. The zero-order valence-corrected chi connectivity index (χ0v) is 17.3. The number of likely N-dealkylation sites (tertiary alicyclic amines) is 1. The third-order valence-electron chi connectivity index (χ3n) is 4.92. The number of amides is 1. The molecule has 7 nitrogen and oxygen atoms in total. The first kappa shape index (κ1) is 21.0. The van der Waals surface area contributed by atoms with Gasteiger partial charge in [-0.3, -0.25) is 9.59 Å². The van der Waals surface area contributed by atoms with Crippen molar-refractivity contribution in [3.8, 4) is 5.69 Å². The highest BCUT2D eigenvalue weighted by molar-refractivity contribution is 6.30. The monoisotopic (exact) mass is 417 g/mol. The van der Waals surface area contributed by atoms with Gasteiger partial charge in [-0.15, -0.1) is 0 Å². The van der Waals surface area contributed by atoms with Crippen LogP contribution in [0.2, 0.25) is 5.02 Å². The molecule has 3 rings (SSSR count). The Morgan fingerprint density at radius 3 is 2.34 bits per heavy atom. The number of nitrogens with zero attached hydrogens (tertiary/aromatic N) is 3. The topological polar surface area (TPSA) is 81.5 Å². The molecule has 0 spiro atoms. The average molecular weight is 418 g/mol. The number of halogens is 1. The van der Waals surface area contributed by atoms with Gasteiger partial charge in [0, 0.05) is 29.9 Å². The zero-order valence-electron chi connectivity index (χ0n) is 16.6. The molecule has 2 aromatic rings. The number of carbonyl (C=O) groups excluding carboxylic acids is 2. The maximum Gasteiger partial charge on any atom is 0.363 e. The zero-order chi connectivity index (χ0) is 21.0. The van der Waals surface area contributed by atoms with Crippen LogP contribution in [0.4, 0.5) is 0 Å². The number of hydrogen-bond donors (Lipinski definition) is 0. The van der Waals surface area contributed by atoms with Crippen LogP contribution in [0.25, 0.3) is 5.69 Å². The predicted molar refractivity (Wildman–Crippen MR) is 110 cm³/mol. The molecular weight excluding hydrogens is 394 g/mol. The molecule has 1 aromatic carbocycles. The molecule has 0 unspecified atom stereocenters. The molecule has 1 amide bonds. The van der Waals surface area contributed by atoms with E-state index >= 15 is 0 Å². The summed E-state index contributed by atoms with van der Waals surface area (Å²) in [7, 11) is 0. The van der Waals surface area contributed by atoms with Gasteiger partial charge in [0.05, 0.1) is 5.69 Å². The molecule has 1 aromatic heterocycles. The summed E-state index contributed by atoms with van der Waals surface area (Å²) in [4.78, 5) is 39.2. The van der Waals surface area contributed by atoms with Crippen molar-refractivity contribution in [2.75, 3.05) is 13.1 Å². The molecule has 1 atom stereocenters. The van der Waals surface area contributed by atoms with Crippen LogP contribution in [0.15, 0.2) is 35.1 Å². The maximum absolute atomic E-state index is 12.6. The van der Waals surface area contributed by atoms with E-state index in [0.29, 0.717) is 29.5 Å². The Hall–Kier alpha value is -2.67. The lowest BCUT2D eigenvalue weighted by molar-refractivity contribution is -0.139. The van der Waals surface area contributed by atoms with Gasteiger partial charge in [0.1, 0.15) is 0 Å². The minimum absolute atomic E-state index is 0.245. The van der Waals surface area contributed by atoms with E-state index in [0.717, 1.165) is 25.7 Å². The number of hydrogen-bond acceptors (Lipinski definition) is 5. The fraction of sp³-hybridized carbons (Fsp3) is 0.429. The summed E-state index contributed by atoms with van der Waals surface area (Å²) >= 11 is 5.92. The fourth-order valence-corrected chi connectivity index (χ4v) is 3.47. The van der Waals surface area contributed by atoms with Crippen molar-refractivity contribution in [2.24, 2.45) is 0 Å². The van der Waals surface area contributed by atoms with Crippen LogP contribution in [0.1, 0.15) is 48.8 Å². The first-order valence-electron chi connectivity index (χ1n) is 9.73. The number of carbonyl (C=O) groups is 2. The highest BCUT2D eigenvalue weighted by Gasteiger charge is 2.27. The summed E-state index contributed by atoms with van der Waals surface area (Å²) in [5.41, 5.74) is 0.297. The Morgan fingerprint density at radius 1 is 1.10 bits per heavy atom. The third kappa shape index (κ3) is 5.03. The standard InChI is InChI=1S/C21H24ClN3O4/c1-14-13-18(26)19(23-25(14)17-9-7-16(22)8-10-17)21(28)29-15(2)20(27)24-11-5-3-4-6-12-24/h7-10,13,15H,3-6,11-12H2,1-2H3/t15-/m0/s1. The minimum atomic E-state index is -0.980. The van der Waals surface area contributed by atoms with E-state index in [2.05, 4.69) is 5.10 Å². The Balaban J connectivity index is 1.79. The highest BCUT2D eigenvalue weighted by Crippen LogP contribution is 2.15. The van der Waals surface area contributed by atoms with E-state index in [9.17, 15) is 14.4 Å². The number of benzene rings is 1. The van der Waals surface area contributed by atoms with Crippen molar-refractivity contribution in [2.45, 2.75) is 45.6 Å².